The lowest BCUT2D eigenvalue weighted by atomic mass is 9.98. The Morgan fingerprint density at radius 3 is 2.50 bits per heavy atom. The van der Waals surface area contributed by atoms with E-state index in [1.54, 1.807) is 16.7 Å². The number of nitrogens with one attached hydrogen (secondary N) is 1. The molecule has 2 aromatic carbocycles. The minimum Gasteiger partial charge on any atom is -0.507 e. The van der Waals surface area contributed by atoms with Crippen LogP contribution >= 0.6 is 0 Å². The second kappa shape index (κ2) is 9.10. The molecule has 9 heteroatoms. The van der Waals surface area contributed by atoms with Gasteiger partial charge in [0.05, 0.1) is 29.6 Å². The van der Waals surface area contributed by atoms with Crippen molar-refractivity contribution < 1.29 is 20.1 Å². The number of rotatable bonds is 4. The van der Waals surface area contributed by atoms with Gasteiger partial charge in [0.2, 0.25) is 11.7 Å². The number of aromatic nitrogens is 4. The summed E-state index contributed by atoms with van der Waals surface area (Å²) in [5.74, 6) is 5.67. The number of amides is 1. The third kappa shape index (κ3) is 3.74. The van der Waals surface area contributed by atoms with E-state index in [-0.39, 0.29) is 23.4 Å². The number of fused-ring (bicyclic) bond motifs is 2. The van der Waals surface area contributed by atoms with Crippen molar-refractivity contribution in [2.24, 2.45) is 11.3 Å². The average molecular weight is 508 g/mol. The molecular weight excluding hydrogens is 482 g/mol. The highest BCUT2D eigenvalue weighted by molar-refractivity contribution is 5.89. The van der Waals surface area contributed by atoms with Gasteiger partial charge >= 0.3 is 0 Å². The highest BCUT2D eigenvalue weighted by Gasteiger charge is 2.75. The summed E-state index contributed by atoms with van der Waals surface area (Å²) in [7, 11) is 1.52. The fourth-order valence-electron chi connectivity index (χ4n) is 5.57. The number of carbonyl (C=O) groups excluding carboxylic acids is 1. The molecule has 2 saturated carbocycles. The number of hydrogen-bond acceptors (Lipinski definition) is 7. The van der Waals surface area contributed by atoms with Crippen molar-refractivity contribution in [2.45, 2.75) is 24.7 Å². The van der Waals surface area contributed by atoms with Crippen LogP contribution in [0.1, 0.15) is 35.1 Å². The average Bonchev–Trinajstić information content (AvgIpc) is 3.49. The molecule has 9 nitrogen and oxygen atoms in total. The van der Waals surface area contributed by atoms with E-state index in [4.69, 9.17) is 0 Å². The molecule has 4 N–H and O–H groups in total. The number of carbonyl (C=O) groups is 1. The summed E-state index contributed by atoms with van der Waals surface area (Å²) >= 11 is 0. The van der Waals surface area contributed by atoms with Gasteiger partial charge in [-0.2, -0.15) is 0 Å². The number of benzene rings is 2. The third-order valence-corrected chi connectivity index (χ3v) is 7.53. The lowest BCUT2D eigenvalue weighted by Crippen LogP contribution is -2.41. The Morgan fingerprint density at radius 2 is 1.79 bits per heavy atom. The molecule has 6 rings (SSSR count). The van der Waals surface area contributed by atoms with E-state index in [2.05, 4.69) is 32.1 Å². The molecule has 0 spiro atoms. The molecule has 0 aliphatic heterocycles. The fourth-order valence-corrected chi connectivity index (χ4v) is 5.57. The fraction of sp³-hybridized carbons (Fsp3) is 0.241. The molecule has 0 saturated heterocycles. The molecule has 1 amide bonds. The van der Waals surface area contributed by atoms with E-state index in [0.717, 1.165) is 5.56 Å². The van der Waals surface area contributed by atoms with Crippen molar-refractivity contribution in [1.29, 1.82) is 0 Å². The van der Waals surface area contributed by atoms with Crippen LogP contribution in [0.15, 0.2) is 67.0 Å². The molecule has 0 radical (unpaired) electrons. The van der Waals surface area contributed by atoms with Crippen LogP contribution in [0.5, 0.6) is 0 Å². The molecule has 2 aliphatic rings. The molecule has 38 heavy (non-hydrogen) atoms. The first kappa shape index (κ1) is 23.9. The molecule has 2 heterocycles. The summed E-state index contributed by atoms with van der Waals surface area (Å²) in [5, 5.41) is 35.2. The van der Waals surface area contributed by atoms with Gasteiger partial charge in [-0.15, -0.1) is 0 Å². The van der Waals surface area contributed by atoms with E-state index in [1.165, 1.54) is 19.5 Å². The first-order chi connectivity index (χ1) is 18.4. The molecule has 190 valence electrons. The normalized spacial score (nSPS) is 25.9. The summed E-state index contributed by atoms with van der Waals surface area (Å²) in [4.78, 5) is 26.3. The van der Waals surface area contributed by atoms with Crippen LogP contribution in [-0.4, -0.2) is 60.0 Å². The number of hydrogen-bond donors (Lipinski definition) is 4. The van der Waals surface area contributed by atoms with Crippen LogP contribution < -0.4 is 5.32 Å². The first-order valence-corrected chi connectivity index (χ1v) is 12.3. The molecule has 0 bridgehead atoms. The molecular formula is C29H25N5O4. The van der Waals surface area contributed by atoms with E-state index in [9.17, 15) is 20.1 Å². The quantitative estimate of drug-likeness (QED) is 0.246. The maximum Gasteiger partial charge on any atom is 0.229 e. The van der Waals surface area contributed by atoms with E-state index >= 15 is 0 Å². The summed E-state index contributed by atoms with van der Waals surface area (Å²) in [6.45, 7) is 0. The molecule has 5 atom stereocenters. The Kier molecular flexibility index (Phi) is 5.71. The van der Waals surface area contributed by atoms with Crippen LogP contribution in [0.2, 0.25) is 0 Å². The van der Waals surface area contributed by atoms with Crippen molar-refractivity contribution in [3.05, 3.63) is 89.6 Å². The van der Waals surface area contributed by atoms with Crippen molar-refractivity contribution in [2.75, 3.05) is 7.05 Å². The van der Waals surface area contributed by atoms with Gasteiger partial charge in [0.15, 0.2) is 5.65 Å². The first-order valence-electron chi connectivity index (χ1n) is 12.3. The molecule has 2 fully saturated rings. The summed E-state index contributed by atoms with van der Waals surface area (Å²) < 4.78 is 1.69. The number of aliphatic hydroxyl groups excluding tert-OH is 3. The highest BCUT2D eigenvalue weighted by Crippen LogP contribution is 2.67. The number of imidazole rings is 1. The smallest absolute Gasteiger partial charge is 0.229 e. The van der Waals surface area contributed by atoms with Crippen molar-refractivity contribution >= 4 is 28.9 Å². The van der Waals surface area contributed by atoms with Crippen LogP contribution in [0.3, 0.4) is 0 Å². The zero-order valence-corrected chi connectivity index (χ0v) is 20.5. The Balaban J connectivity index is 1.48. The molecule has 4 aromatic rings. The molecule has 2 aliphatic carbocycles. The predicted octanol–water partition coefficient (Wildman–Crippen LogP) is 2.31. The van der Waals surface area contributed by atoms with Crippen LogP contribution in [0, 0.1) is 23.2 Å². The summed E-state index contributed by atoms with van der Waals surface area (Å²) in [6, 6.07) is 17.9. The van der Waals surface area contributed by atoms with Crippen molar-refractivity contribution in [3.8, 4) is 11.8 Å². The topological polar surface area (TPSA) is 133 Å². The van der Waals surface area contributed by atoms with Gasteiger partial charge in [-0.25, -0.2) is 15.0 Å². The number of nitrogens with zero attached hydrogens (tertiary/aromatic N) is 4. The van der Waals surface area contributed by atoms with Crippen LogP contribution in [0.25, 0.3) is 23.0 Å². The van der Waals surface area contributed by atoms with E-state index in [1.807, 2.05) is 48.5 Å². The molecule has 2 aromatic heterocycles. The second-order valence-corrected chi connectivity index (χ2v) is 9.62. The maximum atomic E-state index is 12.6. The zero-order valence-electron chi connectivity index (χ0n) is 20.5. The van der Waals surface area contributed by atoms with Crippen LogP contribution in [0.4, 0.5) is 0 Å². The van der Waals surface area contributed by atoms with Crippen LogP contribution in [-0.2, 0) is 4.79 Å². The van der Waals surface area contributed by atoms with E-state index < -0.39 is 23.7 Å². The predicted molar refractivity (Wildman–Crippen MR) is 140 cm³/mol. The minimum absolute atomic E-state index is 0.000677. The zero-order chi connectivity index (χ0) is 26.4. The monoisotopic (exact) mass is 507 g/mol. The lowest BCUT2D eigenvalue weighted by molar-refractivity contribution is -0.132. The van der Waals surface area contributed by atoms with Gasteiger partial charge in [-0.3, -0.25) is 4.79 Å². The van der Waals surface area contributed by atoms with Crippen molar-refractivity contribution in [1.82, 2.24) is 24.8 Å². The summed E-state index contributed by atoms with van der Waals surface area (Å²) in [5.41, 5.74) is 1.51. The molecule has 0 unspecified atom stereocenters. The van der Waals surface area contributed by atoms with E-state index in [0.29, 0.717) is 28.8 Å². The van der Waals surface area contributed by atoms with Gasteiger partial charge in [-0.05, 0) is 24.5 Å². The van der Waals surface area contributed by atoms with Gasteiger partial charge in [-0.1, -0.05) is 54.5 Å². The summed E-state index contributed by atoms with van der Waals surface area (Å²) in [6.07, 6.45) is 1.09. The Labute approximate surface area is 218 Å². The maximum absolute atomic E-state index is 12.6. The second-order valence-electron chi connectivity index (χ2n) is 9.62. The standard InChI is InChI=1S/C29H25N5O4/c1-30-28(38)29-15-19(29)24(25(36)26(29)37)34-16-31-23-20(14-21(35)18-10-6-3-7-11-18)32-22(33-27(23)34)13-12-17-8-4-2-5-9-17/h2-11,14,16,19,24-26,35-37H,15H2,1H3,(H,30,38)/b21-14-/t19-,24-,25+,26+,29+/m1/s1. The largest absolute Gasteiger partial charge is 0.507 e. The number of aliphatic hydroxyl groups is 3. The Morgan fingerprint density at radius 1 is 1.08 bits per heavy atom. The third-order valence-electron chi connectivity index (χ3n) is 7.53. The van der Waals surface area contributed by atoms with Gasteiger partial charge in [0, 0.05) is 30.2 Å². The Bertz CT molecular complexity index is 1620. The van der Waals surface area contributed by atoms with Gasteiger partial charge < -0.3 is 25.2 Å². The minimum atomic E-state index is -1.21. The van der Waals surface area contributed by atoms with Crippen molar-refractivity contribution in [3.63, 3.8) is 0 Å². The van der Waals surface area contributed by atoms with Gasteiger partial charge in [0.1, 0.15) is 17.4 Å². The Hall–Kier alpha value is -4.52. The SMILES string of the molecule is CNC(=O)[C@@]12C[C@@H]1[C@@H](n1cnc3c(/C=C(\O)c4ccccc4)nc(C#Cc4ccccc4)nc31)[C@H](O)[C@@H]2O. The highest BCUT2D eigenvalue weighted by atomic mass is 16.3. The van der Waals surface area contributed by atoms with Gasteiger partial charge in [0.25, 0.3) is 0 Å². The lowest BCUT2D eigenvalue weighted by Gasteiger charge is -2.23.